The number of aromatic carboxylic acids is 1. The van der Waals surface area contributed by atoms with Gasteiger partial charge in [0.1, 0.15) is 5.69 Å². The zero-order chi connectivity index (χ0) is 15.3. The SMILES string of the molecule is CCN(C)C(=O)CNC(=O)Nc1cc(C)[nH]c1C(=O)O. The molecular weight excluding hydrogens is 264 g/mol. The molecule has 0 aliphatic rings. The maximum Gasteiger partial charge on any atom is 0.354 e. The van der Waals surface area contributed by atoms with Crippen molar-refractivity contribution in [3.05, 3.63) is 17.5 Å². The van der Waals surface area contributed by atoms with Crippen molar-refractivity contribution in [1.82, 2.24) is 15.2 Å². The third kappa shape index (κ3) is 4.01. The van der Waals surface area contributed by atoms with Crippen LogP contribution in [0.4, 0.5) is 10.5 Å². The number of amides is 3. The van der Waals surface area contributed by atoms with Crippen LogP contribution in [0, 0.1) is 6.92 Å². The smallest absolute Gasteiger partial charge is 0.354 e. The summed E-state index contributed by atoms with van der Waals surface area (Å²) in [4.78, 5) is 38.1. The fraction of sp³-hybridized carbons (Fsp3) is 0.417. The summed E-state index contributed by atoms with van der Waals surface area (Å²) in [6, 6.07) is 0.868. The molecule has 0 spiro atoms. The molecule has 20 heavy (non-hydrogen) atoms. The first-order valence-electron chi connectivity index (χ1n) is 6.06. The van der Waals surface area contributed by atoms with Crippen LogP contribution in [-0.2, 0) is 4.79 Å². The Morgan fingerprint density at radius 1 is 1.40 bits per heavy atom. The molecule has 8 nitrogen and oxygen atoms in total. The van der Waals surface area contributed by atoms with Gasteiger partial charge in [0.05, 0.1) is 12.2 Å². The van der Waals surface area contributed by atoms with Gasteiger partial charge in [-0.3, -0.25) is 4.79 Å². The van der Waals surface area contributed by atoms with Crippen LogP contribution in [0.2, 0.25) is 0 Å². The number of aromatic amines is 1. The Kier molecular flexibility index (Phi) is 5.13. The van der Waals surface area contributed by atoms with Crippen LogP contribution in [0.25, 0.3) is 0 Å². The van der Waals surface area contributed by atoms with E-state index in [1.54, 1.807) is 14.0 Å². The van der Waals surface area contributed by atoms with Crippen LogP contribution in [0.5, 0.6) is 0 Å². The summed E-state index contributed by atoms with van der Waals surface area (Å²) in [7, 11) is 1.62. The van der Waals surface area contributed by atoms with Gasteiger partial charge in [0.2, 0.25) is 5.91 Å². The van der Waals surface area contributed by atoms with E-state index in [1.165, 1.54) is 11.0 Å². The Hall–Kier alpha value is -2.51. The van der Waals surface area contributed by atoms with E-state index in [-0.39, 0.29) is 23.8 Å². The van der Waals surface area contributed by atoms with Crippen LogP contribution in [-0.4, -0.2) is 53.0 Å². The van der Waals surface area contributed by atoms with Crippen molar-refractivity contribution in [1.29, 1.82) is 0 Å². The summed E-state index contributed by atoms with van der Waals surface area (Å²) in [5.41, 5.74) is 0.665. The number of carboxylic acid groups (broad SMARTS) is 1. The molecule has 0 saturated heterocycles. The summed E-state index contributed by atoms with van der Waals surface area (Å²) in [5.74, 6) is -1.40. The molecule has 3 amide bonds. The fourth-order valence-electron chi connectivity index (χ4n) is 1.49. The number of hydrogen-bond donors (Lipinski definition) is 4. The Balaban J connectivity index is 2.59. The Bertz CT molecular complexity index is 524. The van der Waals surface area contributed by atoms with E-state index in [2.05, 4.69) is 15.6 Å². The summed E-state index contributed by atoms with van der Waals surface area (Å²) in [5, 5.41) is 13.7. The number of aryl methyl sites for hydroxylation is 1. The number of aromatic nitrogens is 1. The molecule has 0 bridgehead atoms. The van der Waals surface area contributed by atoms with Crippen molar-refractivity contribution in [3.63, 3.8) is 0 Å². The molecular formula is C12H18N4O4. The standard InChI is InChI=1S/C12H18N4O4/c1-4-16(3)9(17)6-13-12(20)15-8-5-7(2)14-10(8)11(18)19/h5,14H,4,6H2,1-3H3,(H,18,19)(H2,13,15,20). The van der Waals surface area contributed by atoms with Gasteiger partial charge in [-0.2, -0.15) is 0 Å². The molecule has 0 aliphatic carbocycles. The van der Waals surface area contributed by atoms with Crippen LogP contribution in [0.1, 0.15) is 23.1 Å². The lowest BCUT2D eigenvalue weighted by Crippen LogP contribution is -2.39. The first-order chi connectivity index (χ1) is 9.35. The fourth-order valence-corrected chi connectivity index (χ4v) is 1.49. The van der Waals surface area contributed by atoms with E-state index in [0.717, 1.165) is 0 Å². The van der Waals surface area contributed by atoms with Crippen LogP contribution in [0.3, 0.4) is 0 Å². The van der Waals surface area contributed by atoms with Crippen molar-refractivity contribution in [2.24, 2.45) is 0 Å². The molecule has 0 unspecified atom stereocenters. The predicted octanol–water partition coefficient (Wildman–Crippen LogP) is 0.621. The molecule has 0 aromatic carbocycles. The van der Waals surface area contributed by atoms with E-state index in [1.807, 2.05) is 6.92 Å². The van der Waals surface area contributed by atoms with E-state index in [9.17, 15) is 14.4 Å². The second-order valence-corrected chi connectivity index (χ2v) is 4.26. The van der Waals surface area contributed by atoms with Gasteiger partial charge in [0.25, 0.3) is 0 Å². The number of nitrogens with one attached hydrogen (secondary N) is 3. The number of anilines is 1. The number of rotatable bonds is 5. The number of nitrogens with zero attached hydrogens (tertiary/aromatic N) is 1. The Labute approximate surface area is 116 Å². The predicted molar refractivity (Wildman–Crippen MR) is 72.8 cm³/mol. The van der Waals surface area contributed by atoms with Gasteiger partial charge in [-0.05, 0) is 19.9 Å². The summed E-state index contributed by atoms with van der Waals surface area (Å²) in [6.45, 7) is 3.89. The number of carboxylic acids is 1. The van der Waals surface area contributed by atoms with Gasteiger partial charge < -0.3 is 25.6 Å². The molecule has 0 atom stereocenters. The lowest BCUT2D eigenvalue weighted by atomic mass is 10.3. The van der Waals surface area contributed by atoms with Gasteiger partial charge in [-0.1, -0.05) is 0 Å². The molecule has 4 N–H and O–H groups in total. The third-order valence-electron chi connectivity index (χ3n) is 2.71. The van der Waals surface area contributed by atoms with E-state index >= 15 is 0 Å². The summed E-state index contributed by atoms with van der Waals surface area (Å²) in [6.07, 6.45) is 0. The maximum absolute atomic E-state index is 11.6. The van der Waals surface area contributed by atoms with Crippen LogP contribution >= 0.6 is 0 Å². The number of hydrogen-bond acceptors (Lipinski definition) is 3. The van der Waals surface area contributed by atoms with Crippen LogP contribution < -0.4 is 10.6 Å². The molecule has 1 aromatic rings. The Morgan fingerprint density at radius 2 is 2.05 bits per heavy atom. The minimum absolute atomic E-state index is 0.102. The molecule has 1 aromatic heterocycles. The average molecular weight is 282 g/mol. The second kappa shape index (κ2) is 6.60. The zero-order valence-electron chi connectivity index (χ0n) is 11.6. The molecule has 0 radical (unpaired) electrons. The molecule has 0 aliphatic heterocycles. The molecule has 0 fully saturated rings. The minimum atomic E-state index is -1.17. The lowest BCUT2D eigenvalue weighted by molar-refractivity contribution is -0.128. The van der Waals surface area contributed by atoms with Crippen molar-refractivity contribution in [3.8, 4) is 0 Å². The van der Waals surface area contributed by atoms with Gasteiger partial charge in [-0.25, -0.2) is 9.59 Å². The first kappa shape index (κ1) is 15.5. The maximum atomic E-state index is 11.6. The van der Waals surface area contributed by atoms with Crippen LogP contribution in [0.15, 0.2) is 6.07 Å². The molecule has 110 valence electrons. The van der Waals surface area contributed by atoms with Crippen molar-refractivity contribution in [2.75, 3.05) is 25.5 Å². The molecule has 1 heterocycles. The largest absolute Gasteiger partial charge is 0.477 e. The zero-order valence-corrected chi connectivity index (χ0v) is 11.6. The lowest BCUT2D eigenvalue weighted by Gasteiger charge is -2.14. The number of carbonyl (C=O) groups excluding carboxylic acids is 2. The van der Waals surface area contributed by atoms with Gasteiger partial charge in [0.15, 0.2) is 0 Å². The summed E-state index contributed by atoms with van der Waals surface area (Å²) < 4.78 is 0. The van der Waals surface area contributed by atoms with Gasteiger partial charge in [0, 0.05) is 19.3 Å². The van der Waals surface area contributed by atoms with E-state index in [0.29, 0.717) is 12.2 Å². The minimum Gasteiger partial charge on any atom is -0.477 e. The van der Waals surface area contributed by atoms with E-state index in [4.69, 9.17) is 5.11 Å². The van der Waals surface area contributed by atoms with Gasteiger partial charge >= 0.3 is 12.0 Å². The monoisotopic (exact) mass is 282 g/mol. The highest BCUT2D eigenvalue weighted by Gasteiger charge is 2.16. The normalized spacial score (nSPS) is 9.95. The second-order valence-electron chi connectivity index (χ2n) is 4.26. The highest BCUT2D eigenvalue weighted by atomic mass is 16.4. The van der Waals surface area contributed by atoms with Gasteiger partial charge in [-0.15, -0.1) is 0 Å². The number of H-pyrrole nitrogens is 1. The number of carbonyl (C=O) groups is 3. The highest BCUT2D eigenvalue weighted by molar-refractivity contribution is 5.99. The first-order valence-corrected chi connectivity index (χ1v) is 6.06. The van der Waals surface area contributed by atoms with Crippen molar-refractivity contribution < 1.29 is 19.5 Å². The molecule has 8 heteroatoms. The molecule has 1 rings (SSSR count). The third-order valence-corrected chi connectivity index (χ3v) is 2.71. The van der Waals surface area contributed by atoms with Crippen molar-refractivity contribution in [2.45, 2.75) is 13.8 Å². The molecule has 0 saturated carbocycles. The number of likely N-dealkylation sites (N-methyl/N-ethyl adjacent to an activating group) is 1. The van der Waals surface area contributed by atoms with E-state index < -0.39 is 12.0 Å². The quantitative estimate of drug-likeness (QED) is 0.633. The highest BCUT2D eigenvalue weighted by Crippen LogP contribution is 2.16. The average Bonchev–Trinajstić information content (AvgIpc) is 2.75. The van der Waals surface area contributed by atoms with Crippen molar-refractivity contribution >= 4 is 23.6 Å². The Morgan fingerprint density at radius 3 is 2.60 bits per heavy atom. The number of urea groups is 1. The topological polar surface area (TPSA) is 115 Å². The summed E-state index contributed by atoms with van der Waals surface area (Å²) >= 11 is 0.